The molecular weight excluding hydrogens is 292 g/mol. The lowest BCUT2D eigenvalue weighted by Gasteiger charge is -2.13. The summed E-state index contributed by atoms with van der Waals surface area (Å²) in [4.78, 5) is 26.3. The minimum absolute atomic E-state index is 0.211. The monoisotopic (exact) mass is 306 g/mol. The molecule has 0 spiro atoms. The predicted octanol–water partition coefficient (Wildman–Crippen LogP) is 2.53. The molecule has 2 aromatic rings. The molecule has 2 rings (SSSR count). The van der Waals surface area contributed by atoms with E-state index in [-0.39, 0.29) is 11.6 Å². The van der Waals surface area contributed by atoms with E-state index in [1.165, 1.54) is 19.2 Å². The number of nitrogens with one attached hydrogen (secondary N) is 2. The molecule has 6 heteroatoms. The van der Waals surface area contributed by atoms with Gasteiger partial charge in [0.1, 0.15) is 5.69 Å². The van der Waals surface area contributed by atoms with E-state index in [1.807, 2.05) is 30.3 Å². The second-order valence-corrected chi connectivity index (χ2v) is 4.92. The van der Waals surface area contributed by atoms with Crippen molar-refractivity contribution in [2.45, 2.75) is 19.6 Å². The van der Waals surface area contributed by atoms with Crippen LogP contribution in [0.3, 0.4) is 0 Å². The zero-order chi connectivity index (χ0) is 15.2. The fourth-order valence-corrected chi connectivity index (χ4v) is 1.86. The number of halogens is 1. The van der Waals surface area contributed by atoms with Crippen LogP contribution in [0.25, 0.3) is 0 Å². The minimum Gasteiger partial charge on any atom is -0.448 e. The number of carbonyl (C=O) groups is 2. The van der Waals surface area contributed by atoms with Gasteiger partial charge < -0.3 is 15.0 Å². The summed E-state index contributed by atoms with van der Waals surface area (Å²) in [6.07, 6.45) is 0.585. The lowest BCUT2D eigenvalue weighted by atomic mass is 10.2. The normalized spacial score (nSPS) is 11.7. The first kappa shape index (κ1) is 15.1. The number of ether oxygens (including phenoxy) is 1. The molecule has 1 atom stereocenters. The molecule has 2 N–H and O–H groups in total. The van der Waals surface area contributed by atoms with E-state index in [9.17, 15) is 9.59 Å². The average Bonchev–Trinajstić information content (AvgIpc) is 2.92. The topological polar surface area (TPSA) is 71.2 Å². The van der Waals surface area contributed by atoms with Gasteiger partial charge in [-0.2, -0.15) is 0 Å². The molecule has 0 aliphatic rings. The van der Waals surface area contributed by atoms with Crippen molar-refractivity contribution in [2.24, 2.45) is 0 Å². The molecule has 0 saturated carbocycles. The van der Waals surface area contributed by atoms with E-state index >= 15 is 0 Å². The zero-order valence-corrected chi connectivity index (χ0v) is 12.2. The third-order valence-corrected chi connectivity index (χ3v) is 3.05. The highest BCUT2D eigenvalue weighted by molar-refractivity contribution is 6.30. The largest absolute Gasteiger partial charge is 0.448 e. The number of rotatable bonds is 5. The first-order valence-electron chi connectivity index (χ1n) is 6.43. The highest BCUT2D eigenvalue weighted by atomic mass is 35.5. The van der Waals surface area contributed by atoms with Crippen LogP contribution < -0.4 is 5.32 Å². The number of H-pyrrole nitrogens is 1. The third kappa shape index (κ3) is 4.36. The number of hydrogen-bond acceptors (Lipinski definition) is 3. The Morgan fingerprint density at radius 3 is 2.67 bits per heavy atom. The van der Waals surface area contributed by atoms with Crippen LogP contribution in [0.1, 0.15) is 23.0 Å². The molecule has 0 aliphatic carbocycles. The van der Waals surface area contributed by atoms with Gasteiger partial charge in [-0.15, -0.1) is 0 Å². The molecule has 110 valence electrons. The van der Waals surface area contributed by atoms with Crippen molar-refractivity contribution >= 4 is 23.5 Å². The van der Waals surface area contributed by atoms with Gasteiger partial charge >= 0.3 is 5.97 Å². The summed E-state index contributed by atoms with van der Waals surface area (Å²) >= 11 is 5.70. The van der Waals surface area contributed by atoms with Gasteiger partial charge in [0.2, 0.25) is 0 Å². The van der Waals surface area contributed by atoms with Crippen molar-refractivity contribution < 1.29 is 14.3 Å². The number of benzene rings is 1. The SMILES string of the molecule is CC(OC(=O)c1cc(Cl)c[nH]1)C(=O)NCc1ccccc1. The maximum absolute atomic E-state index is 11.9. The number of carbonyl (C=O) groups excluding carboxylic acids is 2. The molecule has 1 unspecified atom stereocenters. The lowest BCUT2D eigenvalue weighted by Crippen LogP contribution is -2.35. The van der Waals surface area contributed by atoms with Crippen LogP contribution >= 0.6 is 11.6 Å². The molecular formula is C15H15ClN2O3. The van der Waals surface area contributed by atoms with Gasteiger partial charge in [0, 0.05) is 12.7 Å². The third-order valence-electron chi connectivity index (χ3n) is 2.83. The van der Waals surface area contributed by atoms with Crippen molar-refractivity contribution in [1.82, 2.24) is 10.3 Å². The maximum atomic E-state index is 11.9. The van der Waals surface area contributed by atoms with Gasteiger partial charge in [0.15, 0.2) is 6.10 Å². The Balaban J connectivity index is 1.83. The van der Waals surface area contributed by atoms with Gasteiger partial charge in [-0.05, 0) is 18.6 Å². The Bertz CT molecular complexity index is 625. The van der Waals surface area contributed by atoms with Crippen LogP contribution in [0.2, 0.25) is 5.02 Å². The molecule has 0 saturated heterocycles. The maximum Gasteiger partial charge on any atom is 0.355 e. The average molecular weight is 307 g/mol. The van der Waals surface area contributed by atoms with Crippen LogP contribution in [-0.4, -0.2) is 23.0 Å². The van der Waals surface area contributed by atoms with Crippen LogP contribution in [0.15, 0.2) is 42.6 Å². The van der Waals surface area contributed by atoms with Gasteiger partial charge in [0.25, 0.3) is 5.91 Å². The standard InChI is InChI=1S/C15H15ClN2O3/c1-10(21-15(20)13-7-12(16)9-17-13)14(19)18-8-11-5-3-2-4-6-11/h2-7,9-10,17H,8H2,1H3,(H,18,19). The van der Waals surface area contributed by atoms with Crippen molar-refractivity contribution in [3.05, 3.63) is 58.9 Å². The summed E-state index contributed by atoms with van der Waals surface area (Å²) in [5.74, 6) is -0.978. The highest BCUT2D eigenvalue weighted by Crippen LogP contribution is 2.11. The number of aromatic nitrogens is 1. The second kappa shape index (κ2) is 6.95. The molecule has 1 aromatic heterocycles. The van der Waals surface area contributed by atoms with E-state index in [0.717, 1.165) is 5.56 Å². The van der Waals surface area contributed by atoms with Crippen molar-refractivity contribution in [2.75, 3.05) is 0 Å². The van der Waals surface area contributed by atoms with E-state index in [4.69, 9.17) is 16.3 Å². The molecule has 0 radical (unpaired) electrons. The Kier molecular flexibility index (Phi) is 5.00. The van der Waals surface area contributed by atoms with Crippen LogP contribution in [-0.2, 0) is 16.1 Å². The number of hydrogen-bond donors (Lipinski definition) is 2. The summed E-state index contributed by atoms with van der Waals surface area (Å²) in [7, 11) is 0. The van der Waals surface area contributed by atoms with Crippen molar-refractivity contribution in [1.29, 1.82) is 0 Å². The summed E-state index contributed by atoms with van der Waals surface area (Å²) in [6.45, 7) is 1.90. The molecule has 5 nitrogen and oxygen atoms in total. The molecule has 1 heterocycles. The van der Waals surface area contributed by atoms with Gasteiger partial charge in [-0.3, -0.25) is 4.79 Å². The van der Waals surface area contributed by atoms with Crippen molar-refractivity contribution in [3.63, 3.8) is 0 Å². The molecule has 1 aromatic carbocycles. The molecule has 0 aliphatic heterocycles. The number of esters is 1. The predicted molar refractivity (Wildman–Crippen MR) is 79.0 cm³/mol. The van der Waals surface area contributed by atoms with Gasteiger partial charge in [-0.1, -0.05) is 41.9 Å². The Hall–Kier alpha value is -2.27. The minimum atomic E-state index is -0.886. The molecule has 0 fully saturated rings. The lowest BCUT2D eigenvalue weighted by molar-refractivity contribution is -0.129. The van der Waals surface area contributed by atoms with Crippen LogP contribution in [0.5, 0.6) is 0 Å². The van der Waals surface area contributed by atoms with E-state index in [2.05, 4.69) is 10.3 Å². The van der Waals surface area contributed by atoms with Gasteiger partial charge in [0.05, 0.1) is 5.02 Å². The van der Waals surface area contributed by atoms with E-state index in [0.29, 0.717) is 11.6 Å². The van der Waals surface area contributed by atoms with Crippen molar-refractivity contribution in [3.8, 4) is 0 Å². The Labute approximate surface area is 127 Å². The molecule has 1 amide bonds. The van der Waals surface area contributed by atoms with Crippen LogP contribution in [0.4, 0.5) is 0 Å². The Morgan fingerprint density at radius 1 is 1.33 bits per heavy atom. The molecule has 21 heavy (non-hydrogen) atoms. The zero-order valence-electron chi connectivity index (χ0n) is 11.4. The summed E-state index contributed by atoms with van der Waals surface area (Å²) in [6, 6.07) is 10.9. The van der Waals surface area contributed by atoms with E-state index < -0.39 is 12.1 Å². The Morgan fingerprint density at radius 2 is 2.05 bits per heavy atom. The van der Waals surface area contributed by atoms with E-state index in [1.54, 1.807) is 0 Å². The number of aromatic amines is 1. The number of amides is 1. The highest BCUT2D eigenvalue weighted by Gasteiger charge is 2.19. The quantitative estimate of drug-likeness (QED) is 0.834. The first-order chi connectivity index (χ1) is 10.1. The van der Waals surface area contributed by atoms with Crippen LogP contribution in [0, 0.1) is 0 Å². The summed E-state index contributed by atoms with van der Waals surface area (Å²) in [5.41, 5.74) is 1.18. The summed E-state index contributed by atoms with van der Waals surface area (Å²) in [5, 5.41) is 3.11. The second-order valence-electron chi connectivity index (χ2n) is 4.48. The smallest absolute Gasteiger partial charge is 0.355 e. The van der Waals surface area contributed by atoms with Gasteiger partial charge in [-0.25, -0.2) is 4.79 Å². The first-order valence-corrected chi connectivity index (χ1v) is 6.80. The summed E-state index contributed by atoms with van der Waals surface area (Å²) < 4.78 is 5.06. The molecule has 0 bridgehead atoms. The fraction of sp³-hybridized carbons (Fsp3) is 0.200. The fourth-order valence-electron chi connectivity index (χ4n) is 1.69.